The Morgan fingerprint density at radius 3 is 2.58 bits per heavy atom. The van der Waals surface area contributed by atoms with E-state index in [1.54, 1.807) is 30.0 Å². The second kappa shape index (κ2) is 5.45. The molecule has 0 saturated carbocycles. The average molecular weight is 272 g/mol. The summed E-state index contributed by atoms with van der Waals surface area (Å²) >= 11 is 1.62. The summed E-state index contributed by atoms with van der Waals surface area (Å²) in [5, 5.41) is 3.82. The van der Waals surface area contributed by atoms with E-state index in [4.69, 9.17) is 0 Å². The Labute approximate surface area is 115 Å². The van der Waals surface area contributed by atoms with E-state index >= 15 is 0 Å². The van der Waals surface area contributed by atoms with Gasteiger partial charge in [0.25, 0.3) is 0 Å². The van der Waals surface area contributed by atoms with Crippen molar-refractivity contribution in [1.29, 1.82) is 0 Å². The van der Waals surface area contributed by atoms with Gasteiger partial charge in [-0.2, -0.15) is 0 Å². The van der Waals surface area contributed by atoms with Crippen molar-refractivity contribution in [2.75, 3.05) is 11.1 Å². The lowest BCUT2D eigenvalue weighted by Gasteiger charge is -2.05. The van der Waals surface area contributed by atoms with Gasteiger partial charge in [0.15, 0.2) is 5.17 Å². The first-order valence-electron chi connectivity index (χ1n) is 6.10. The van der Waals surface area contributed by atoms with Crippen LogP contribution in [0.4, 0.5) is 10.1 Å². The van der Waals surface area contributed by atoms with Gasteiger partial charge in [-0.3, -0.25) is 4.99 Å². The predicted octanol–water partition coefficient (Wildman–Crippen LogP) is 4.08. The second-order valence-corrected chi connectivity index (χ2v) is 5.29. The van der Waals surface area contributed by atoms with Crippen LogP contribution >= 0.6 is 11.8 Å². The number of para-hydroxylation sites is 1. The molecule has 19 heavy (non-hydrogen) atoms. The fourth-order valence-corrected chi connectivity index (χ4v) is 2.93. The number of nitrogens with zero attached hydrogens (tertiary/aromatic N) is 1. The molecule has 4 heteroatoms. The standard InChI is InChI=1S/C15H13FN2S/c16-12-8-4-5-9-13(12)17-15-18-14(10-19-15)11-6-2-1-3-7-11/h1-9,14H,10H2,(H,17,18). The van der Waals surface area contributed by atoms with E-state index in [0.717, 1.165) is 10.9 Å². The number of aliphatic imine (C=N–C) groups is 1. The Bertz CT molecular complexity index is 598. The minimum absolute atomic E-state index is 0.153. The number of rotatable bonds is 2. The molecule has 1 atom stereocenters. The maximum Gasteiger partial charge on any atom is 0.161 e. The van der Waals surface area contributed by atoms with Gasteiger partial charge in [-0.25, -0.2) is 4.39 Å². The number of halogens is 1. The molecule has 0 amide bonds. The van der Waals surface area contributed by atoms with E-state index in [-0.39, 0.29) is 11.9 Å². The predicted molar refractivity (Wildman–Crippen MR) is 79.1 cm³/mol. The van der Waals surface area contributed by atoms with Crippen LogP contribution in [0.1, 0.15) is 11.6 Å². The molecule has 0 spiro atoms. The molecule has 2 aromatic carbocycles. The van der Waals surface area contributed by atoms with Crippen LogP contribution in [0.25, 0.3) is 0 Å². The molecule has 1 N–H and O–H groups in total. The van der Waals surface area contributed by atoms with Crippen LogP contribution in [-0.4, -0.2) is 10.9 Å². The summed E-state index contributed by atoms with van der Waals surface area (Å²) in [5.74, 6) is 0.634. The minimum Gasteiger partial charge on any atom is -0.333 e. The quantitative estimate of drug-likeness (QED) is 0.890. The number of hydrogen-bond donors (Lipinski definition) is 1. The van der Waals surface area contributed by atoms with E-state index in [0.29, 0.717) is 5.69 Å². The second-order valence-electron chi connectivity index (χ2n) is 4.28. The first kappa shape index (κ1) is 12.2. The van der Waals surface area contributed by atoms with Crippen molar-refractivity contribution in [2.24, 2.45) is 4.99 Å². The van der Waals surface area contributed by atoms with E-state index < -0.39 is 0 Å². The highest BCUT2D eigenvalue weighted by atomic mass is 32.2. The summed E-state index contributed by atoms with van der Waals surface area (Å²) in [6, 6.07) is 17.0. The molecule has 0 aliphatic carbocycles. The third-order valence-corrected chi connectivity index (χ3v) is 3.91. The summed E-state index contributed by atoms with van der Waals surface area (Å²) in [6.07, 6.45) is 0. The van der Waals surface area contributed by atoms with Crippen LogP contribution in [0.15, 0.2) is 59.6 Å². The number of anilines is 1. The highest BCUT2D eigenvalue weighted by Crippen LogP contribution is 2.31. The molecule has 96 valence electrons. The molecule has 0 fully saturated rings. The molecular formula is C15H13FN2S. The normalized spacial score (nSPS) is 18.2. The van der Waals surface area contributed by atoms with Gasteiger partial charge in [-0.15, -0.1) is 0 Å². The third kappa shape index (κ3) is 2.79. The number of nitrogens with one attached hydrogen (secondary N) is 1. The third-order valence-electron chi connectivity index (χ3n) is 2.95. The number of benzene rings is 2. The lowest BCUT2D eigenvalue weighted by atomic mass is 10.1. The van der Waals surface area contributed by atoms with Crippen LogP contribution in [0, 0.1) is 5.82 Å². The average Bonchev–Trinajstić information content (AvgIpc) is 2.91. The molecule has 0 radical (unpaired) electrons. The molecule has 1 aliphatic heterocycles. The summed E-state index contributed by atoms with van der Waals surface area (Å²) in [6.45, 7) is 0. The topological polar surface area (TPSA) is 24.4 Å². The molecule has 1 heterocycles. The Kier molecular flexibility index (Phi) is 3.51. The molecule has 2 aromatic rings. The van der Waals surface area contributed by atoms with Crippen LogP contribution in [0.3, 0.4) is 0 Å². The van der Waals surface area contributed by atoms with Gasteiger partial charge >= 0.3 is 0 Å². The molecule has 1 aliphatic rings. The lowest BCUT2D eigenvalue weighted by Crippen LogP contribution is -2.06. The van der Waals surface area contributed by atoms with Gasteiger partial charge in [0, 0.05) is 5.75 Å². The number of amidine groups is 1. The largest absolute Gasteiger partial charge is 0.333 e. The summed E-state index contributed by atoms with van der Waals surface area (Å²) in [7, 11) is 0. The van der Waals surface area contributed by atoms with Gasteiger partial charge in [-0.1, -0.05) is 54.2 Å². The molecule has 0 saturated heterocycles. The fourth-order valence-electron chi connectivity index (χ4n) is 1.97. The Balaban J connectivity index is 1.76. The van der Waals surface area contributed by atoms with E-state index in [1.165, 1.54) is 11.6 Å². The molecule has 0 bridgehead atoms. The number of thioether (sulfide) groups is 1. The van der Waals surface area contributed by atoms with Crippen molar-refractivity contribution in [3.63, 3.8) is 0 Å². The lowest BCUT2D eigenvalue weighted by molar-refractivity contribution is 0.632. The molecule has 0 aromatic heterocycles. The zero-order valence-corrected chi connectivity index (χ0v) is 11.0. The highest BCUT2D eigenvalue weighted by molar-refractivity contribution is 8.14. The first-order valence-corrected chi connectivity index (χ1v) is 7.08. The van der Waals surface area contributed by atoms with Crippen LogP contribution in [0.2, 0.25) is 0 Å². The summed E-state index contributed by atoms with van der Waals surface area (Å²) in [5.41, 5.74) is 1.67. The minimum atomic E-state index is -0.256. The van der Waals surface area contributed by atoms with E-state index in [9.17, 15) is 4.39 Å². The monoisotopic (exact) mass is 272 g/mol. The van der Waals surface area contributed by atoms with Gasteiger partial charge in [0.05, 0.1) is 11.7 Å². The van der Waals surface area contributed by atoms with Gasteiger partial charge < -0.3 is 5.32 Å². The van der Waals surface area contributed by atoms with Gasteiger partial charge in [-0.05, 0) is 17.7 Å². The maximum absolute atomic E-state index is 13.5. The Morgan fingerprint density at radius 2 is 1.79 bits per heavy atom. The van der Waals surface area contributed by atoms with Crippen LogP contribution < -0.4 is 5.32 Å². The van der Waals surface area contributed by atoms with Crippen LogP contribution in [0.5, 0.6) is 0 Å². The SMILES string of the molecule is Fc1ccccc1NC1=NC(c2ccccc2)CS1. The summed E-state index contributed by atoms with van der Waals surface area (Å²) < 4.78 is 13.5. The van der Waals surface area contributed by atoms with E-state index in [2.05, 4.69) is 22.4 Å². The van der Waals surface area contributed by atoms with E-state index in [1.807, 2.05) is 18.2 Å². The van der Waals surface area contributed by atoms with Crippen molar-refractivity contribution in [3.05, 3.63) is 66.0 Å². The van der Waals surface area contributed by atoms with Crippen LogP contribution in [-0.2, 0) is 0 Å². The smallest absolute Gasteiger partial charge is 0.161 e. The first-order chi connectivity index (χ1) is 9.33. The zero-order chi connectivity index (χ0) is 13.1. The van der Waals surface area contributed by atoms with Crippen molar-refractivity contribution in [1.82, 2.24) is 0 Å². The molecule has 1 unspecified atom stereocenters. The van der Waals surface area contributed by atoms with Crippen molar-refractivity contribution in [3.8, 4) is 0 Å². The highest BCUT2D eigenvalue weighted by Gasteiger charge is 2.20. The number of hydrogen-bond acceptors (Lipinski definition) is 3. The Hall–Kier alpha value is -1.81. The molecule has 2 nitrogen and oxygen atoms in total. The molecule has 3 rings (SSSR count). The van der Waals surface area contributed by atoms with Gasteiger partial charge in [0.2, 0.25) is 0 Å². The van der Waals surface area contributed by atoms with Crippen molar-refractivity contribution >= 4 is 22.6 Å². The summed E-state index contributed by atoms with van der Waals surface area (Å²) in [4.78, 5) is 4.60. The fraction of sp³-hybridized carbons (Fsp3) is 0.133. The molecular weight excluding hydrogens is 259 g/mol. The van der Waals surface area contributed by atoms with Crippen molar-refractivity contribution in [2.45, 2.75) is 6.04 Å². The van der Waals surface area contributed by atoms with Crippen molar-refractivity contribution < 1.29 is 4.39 Å². The zero-order valence-electron chi connectivity index (χ0n) is 10.2. The maximum atomic E-state index is 13.5. The van der Waals surface area contributed by atoms with Gasteiger partial charge in [0.1, 0.15) is 5.82 Å². The Morgan fingerprint density at radius 1 is 1.05 bits per heavy atom.